The molecule has 4 heteroatoms. The van der Waals surface area contributed by atoms with Crippen molar-refractivity contribution in [3.63, 3.8) is 0 Å². The fraction of sp³-hybridized carbons (Fsp3) is 0.417. The van der Waals surface area contributed by atoms with E-state index in [9.17, 15) is 9.18 Å². The van der Waals surface area contributed by atoms with Gasteiger partial charge >= 0.3 is 0 Å². The van der Waals surface area contributed by atoms with Crippen molar-refractivity contribution in [3.8, 4) is 0 Å². The number of halogens is 2. The minimum absolute atomic E-state index is 0.0845. The highest BCUT2D eigenvalue weighted by atomic mass is 79.9. The first-order valence-corrected chi connectivity index (χ1v) is 6.14. The summed E-state index contributed by atoms with van der Waals surface area (Å²) in [7, 11) is 0. The second-order valence-electron chi connectivity index (χ2n) is 3.59. The van der Waals surface area contributed by atoms with Gasteiger partial charge in [-0.1, -0.05) is 19.9 Å². The molecule has 0 unspecified atom stereocenters. The molecule has 1 N–H and O–H groups in total. The summed E-state index contributed by atoms with van der Waals surface area (Å²) in [6.45, 7) is 3.98. The number of rotatable bonds is 4. The Hall–Kier alpha value is -0.900. The van der Waals surface area contributed by atoms with Gasteiger partial charge in [0, 0.05) is 6.04 Å². The maximum absolute atomic E-state index is 13.6. The van der Waals surface area contributed by atoms with Gasteiger partial charge in [0.05, 0.1) is 10.0 Å². The van der Waals surface area contributed by atoms with Gasteiger partial charge in [0.15, 0.2) is 0 Å². The van der Waals surface area contributed by atoms with E-state index >= 15 is 0 Å². The van der Waals surface area contributed by atoms with Gasteiger partial charge in [-0.3, -0.25) is 4.79 Å². The van der Waals surface area contributed by atoms with E-state index in [2.05, 4.69) is 21.2 Å². The lowest BCUT2D eigenvalue weighted by molar-refractivity contribution is 0.0930. The van der Waals surface area contributed by atoms with Crippen LogP contribution in [0.4, 0.5) is 4.39 Å². The number of hydrogen-bond donors (Lipinski definition) is 1. The molecule has 0 bridgehead atoms. The highest BCUT2D eigenvalue weighted by Crippen LogP contribution is 2.18. The van der Waals surface area contributed by atoms with Crippen molar-refractivity contribution in [1.29, 1.82) is 0 Å². The summed E-state index contributed by atoms with van der Waals surface area (Å²) >= 11 is 3.06. The third-order valence-corrected chi connectivity index (χ3v) is 3.13. The van der Waals surface area contributed by atoms with Crippen LogP contribution in [0, 0.1) is 5.82 Å². The molecular formula is C12H15BrFNO. The predicted molar refractivity (Wildman–Crippen MR) is 65.9 cm³/mol. The van der Waals surface area contributed by atoms with Crippen LogP contribution in [-0.4, -0.2) is 11.9 Å². The molecule has 0 fully saturated rings. The second kappa shape index (κ2) is 5.99. The van der Waals surface area contributed by atoms with Crippen LogP contribution in [-0.2, 0) is 0 Å². The Bertz CT molecular complexity index is 377. The molecule has 88 valence electrons. The van der Waals surface area contributed by atoms with Crippen LogP contribution < -0.4 is 5.32 Å². The van der Waals surface area contributed by atoms with Crippen LogP contribution in [0.25, 0.3) is 0 Å². The van der Waals surface area contributed by atoms with E-state index in [4.69, 9.17) is 0 Å². The van der Waals surface area contributed by atoms with Gasteiger partial charge in [0.1, 0.15) is 5.82 Å². The first-order valence-electron chi connectivity index (χ1n) is 5.35. The van der Waals surface area contributed by atoms with E-state index in [0.29, 0.717) is 4.47 Å². The van der Waals surface area contributed by atoms with Crippen LogP contribution in [0.2, 0.25) is 0 Å². The second-order valence-corrected chi connectivity index (χ2v) is 4.44. The predicted octanol–water partition coefficient (Wildman–Crippen LogP) is 3.51. The molecule has 1 amide bonds. The summed E-state index contributed by atoms with van der Waals surface area (Å²) in [6, 6.07) is 4.81. The number of amides is 1. The summed E-state index contributed by atoms with van der Waals surface area (Å²) in [6.07, 6.45) is 1.69. The van der Waals surface area contributed by atoms with Gasteiger partial charge in [0.25, 0.3) is 5.91 Å². The number of carbonyl (C=O) groups is 1. The molecule has 0 aliphatic carbocycles. The molecule has 1 rings (SSSR count). The molecule has 2 nitrogen and oxygen atoms in total. The normalized spacial score (nSPS) is 10.6. The molecular weight excluding hydrogens is 273 g/mol. The molecule has 0 spiro atoms. The molecule has 0 radical (unpaired) electrons. The van der Waals surface area contributed by atoms with E-state index < -0.39 is 5.82 Å². The van der Waals surface area contributed by atoms with Crippen LogP contribution >= 0.6 is 15.9 Å². The molecule has 0 aliphatic rings. The number of hydrogen-bond acceptors (Lipinski definition) is 1. The fourth-order valence-electron chi connectivity index (χ4n) is 1.44. The molecule has 16 heavy (non-hydrogen) atoms. The van der Waals surface area contributed by atoms with E-state index in [0.717, 1.165) is 12.8 Å². The van der Waals surface area contributed by atoms with Crippen molar-refractivity contribution < 1.29 is 9.18 Å². The SMILES string of the molecule is CCC(CC)NC(=O)c1cccc(Br)c1F. The third-order valence-electron chi connectivity index (χ3n) is 2.52. The van der Waals surface area contributed by atoms with Crippen molar-refractivity contribution in [1.82, 2.24) is 5.32 Å². The summed E-state index contributed by atoms with van der Waals surface area (Å²) in [4.78, 5) is 11.8. The fourth-order valence-corrected chi connectivity index (χ4v) is 1.80. The number of carbonyl (C=O) groups excluding carboxylic acids is 1. The zero-order chi connectivity index (χ0) is 12.1. The van der Waals surface area contributed by atoms with Gasteiger partial charge in [-0.2, -0.15) is 0 Å². The Labute approximate surface area is 103 Å². The monoisotopic (exact) mass is 287 g/mol. The van der Waals surface area contributed by atoms with Gasteiger partial charge < -0.3 is 5.32 Å². The minimum Gasteiger partial charge on any atom is -0.349 e. The zero-order valence-corrected chi connectivity index (χ0v) is 11.0. The average Bonchev–Trinajstić information content (AvgIpc) is 2.29. The van der Waals surface area contributed by atoms with Gasteiger partial charge in [0.2, 0.25) is 0 Å². The van der Waals surface area contributed by atoms with Crippen LogP contribution in [0.15, 0.2) is 22.7 Å². The van der Waals surface area contributed by atoms with E-state index in [1.165, 1.54) is 6.07 Å². The summed E-state index contributed by atoms with van der Waals surface area (Å²) in [5, 5.41) is 2.80. The molecule has 0 heterocycles. The summed E-state index contributed by atoms with van der Waals surface area (Å²) < 4.78 is 13.9. The van der Waals surface area contributed by atoms with Crippen molar-refractivity contribution in [2.45, 2.75) is 32.7 Å². The molecule has 0 aromatic heterocycles. The highest BCUT2D eigenvalue weighted by molar-refractivity contribution is 9.10. The van der Waals surface area contributed by atoms with Crippen molar-refractivity contribution in [2.75, 3.05) is 0 Å². The van der Waals surface area contributed by atoms with E-state index in [1.54, 1.807) is 12.1 Å². The maximum atomic E-state index is 13.6. The van der Waals surface area contributed by atoms with Gasteiger partial charge in [-0.15, -0.1) is 0 Å². The van der Waals surface area contributed by atoms with Crippen LogP contribution in [0.3, 0.4) is 0 Å². The Morgan fingerprint density at radius 1 is 1.44 bits per heavy atom. The summed E-state index contributed by atoms with van der Waals surface area (Å²) in [5.74, 6) is -0.863. The van der Waals surface area contributed by atoms with Gasteiger partial charge in [-0.05, 0) is 40.9 Å². The smallest absolute Gasteiger partial charge is 0.254 e. The Morgan fingerprint density at radius 3 is 2.62 bits per heavy atom. The first-order chi connectivity index (χ1) is 7.60. The standard InChI is InChI=1S/C12H15BrFNO/c1-3-8(4-2)15-12(16)9-6-5-7-10(13)11(9)14/h5-8H,3-4H2,1-2H3,(H,15,16). The average molecular weight is 288 g/mol. The minimum atomic E-state index is -0.508. The Morgan fingerprint density at radius 2 is 2.06 bits per heavy atom. The lowest BCUT2D eigenvalue weighted by Crippen LogP contribution is -2.34. The molecule has 0 saturated heterocycles. The number of benzene rings is 1. The van der Waals surface area contributed by atoms with Gasteiger partial charge in [-0.25, -0.2) is 4.39 Å². The first kappa shape index (κ1) is 13.2. The highest BCUT2D eigenvalue weighted by Gasteiger charge is 2.15. The molecule has 0 saturated carbocycles. The summed E-state index contributed by atoms with van der Waals surface area (Å²) in [5.41, 5.74) is 0.0845. The van der Waals surface area contributed by atoms with Crippen molar-refractivity contribution in [2.24, 2.45) is 0 Å². The molecule has 1 aromatic rings. The van der Waals surface area contributed by atoms with Crippen molar-refractivity contribution >= 4 is 21.8 Å². The number of nitrogens with one attached hydrogen (secondary N) is 1. The molecule has 0 atom stereocenters. The van der Waals surface area contributed by atoms with Crippen molar-refractivity contribution in [3.05, 3.63) is 34.1 Å². The Kier molecular flexibility index (Phi) is 4.93. The molecule has 0 aliphatic heterocycles. The maximum Gasteiger partial charge on any atom is 0.254 e. The zero-order valence-electron chi connectivity index (χ0n) is 9.39. The third kappa shape index (κ3) is 3.04. The lowest BCUT2D eigenvalue weighted by atomic mass is 10.1. The topological polar surface area (TPSA) is 29.1 Å². The Balaban J connectivity index is 2.84. The van der Waals surface area contributed by atoms with Crippen LogP contribution in [0.1, 0.15) is 37.0 Å². The molecule has 1 aromatic carbocycles. The van der Waals surface area contributed by atoms with Crippen LogP contribution in [0.5, 0.6) is 0 Å². The van der Waals surface area contributed by atoms with E-state index in [-0.39, 0.29) is 17.5 Å². The quantitative estimate of drug-likeness (QED) is 0.902. The lowest BCUT2D eigenvalue weighted by Gasteiger charge is -2.15. The van der Waals surface area contributed by atoms with E-state index in [1.807, 2.05) is 13.8 Å². The largest absolute Gasteiger partial charge is 0.349 e.